The van der Waals surface area contributed by atoms with Gasteiger partial charge >= 0.3 is 0 Å². The number of rotatable bonds is 7. The summed E-state index contributed by atoms with van der Waals surface area (Å²) in [7, 11) is 3.29. The Morgan fingerprint density at radius 2 is 1.90 bits per heavy atom. The Labute approximate surface area is 128 Å². The standard InChI is InChI=1S/C15H19NO2S2/c1-11-14(20-10-16-11)8-9-19-13-6-4-12(5-7-13)15(17-2)18-3/h4-7,10,15H,8-9H2,1-3H3. The molecule has 0 saturated heterocycles. The van der Waals surface area contributed by atoms with E-state index in [-0.39, 0.29) is 6.29 Å². The summed E-state index contributed by atoms with van der Waals surface area (Å²) < 4.78 is 10.5. The molecular weight excluding hydrogens is 290 g/mol. The third kappa shape index (κ3) is 4.06. The molecule has 20 heavy (non-hydrogen) atoms. The van der Waals surface area contributed by atoms with E-state index in [0.29, 0.717) is 0 Å². The molecule has 0 amide bonds. The molecule has 3 nitrogen and oxygen atoms in total. The third-order valence-corrected chi connectivity index (χ3v) is 5.03. The Kier molecular flexibility index (Phi) is 6.04. The lowest BCUT2D eigenvalue weighted by Crippen LogP contribution is -2.03. The average Bonchev–Trinajstić information content (AvgIpc) is 2.87. The van der Waals surface area contributed by atoms with Crippen molar-refractivity contribution in [3.63, 3.8) is 0 Å². The van der Waals surface area contributed by atoms with Crippen LogP contribution in [0, 0.1) is 6.92 Å². The maximum atomic E-state index is 5.23. The fraction of sp³-hybridized carbons (Fsp3) is 0.400. The fourth-order valence-electron chi connectivity index (χ4n) is 1.92. The van der Waals surface area contributed by atoms with Gasteiger partial charge in [0, 0.05) is 35.3 Å². The van der Waals surface area contributed by atoms with Crippen LogP contribution < -0.4 is 0 Å². The number of hydrogen-bond donors (Lipinski definition) is 0. The number of aromatic nitrogens is 1. The second-order valence-corrected chi connectivity index (χ2v) is 6.44. The van der Waals surface area contributed by atoms with Crippen LogP contribution in [-0.4, -0.2) is 25.0 Å². The first-order valence-corrected chi connectivity index (χ1v) is 8.28. The number of aryl methyl sites for hydroxylation is 2. The zero-order valence-corrected chi connectivity index (χ0v) is 13.6. The molecule has 0 aliphatic heterocycles. The van der Waals surface area contributed by atoms with Gasteiger partial charge in [-0.1, -0.05) is 12.1 Å². The zero-order valence-electron chi connectivity index (χ0n) is 12.0. The van der Waals surface area contributed by atoms with Gasteiger partial charge in [-0.3, -0.25) is 0 Å². The van der Waals surface area contributed by atoms with E-state index in [1.165, 1.54) is 9.77 Å². The Bertz CT molecular complexity index is 521. The molecular formula is C15H19NO2S2. The highest BCUT2D eigenvalue weighted by Gasteiger charge is 2.08. The van der Waals surface area contributed by atoms with Gasteiger partial charge in [0.2, 0.25) is 0 Å². The van der Waals surface area contributed by atoms with Gasteiger partial charge in [0.1, 0.15) is 0 Å². The van der Waals surface area contributed by atoms with Crippen LogP contribution in [0.2, 0.25) is 0 Å². The SMILES string of the molecule is COC(OC)c1ccc(SCCc2scnc2C)cc1. The topological polar surface area (TPSA) is 31.4 Å². The van der Waals surface area contributed by atoms with Crippen LogP contribution in [-0.2, 0) is 15.9 Å². The van der Waals surface area contributed by atoms with Crippen molar-refractivity contribution in [3.8, 4) is 0 Å². The van der Waals surface area contributed by atoms with E-state index in [0.717, 1.165) is 23.4 Å². The molecule has 0 unspecified atom stereocenters. The summed E-state index contributed by atoms with van der Waals surface area (Å²) in [5.74, 6) is 1.07. The number of thiazole rings is 1. The van der Waals surface area contributed by atoms with E-state index in [9.17, 15) is 0 Å². The molecule has 0 spiro atoms. The highest BCUT2D eigenvalue weighted by Crippen LogP contribution is 2.24. The molecule has 1 aromatic heterocycles. The van der Waals surface area contributed by atoms with Crippen molar-refractivity contribution >= 4 is 23.1 Å². The molecule has 1 heterocycles. The smallest absolute Gasteiger partial charge is 0.183 e. The average molecular weight is 309 g/mol. The van der Waals surface area contributed by atoms with Crippen LogP contribution in [0.25, 0.3) is 0 Å². The van der Waals surface area contributed by atoms with E-state index in [4.69, 9.17) is 9.47 Å². The van der Waals surface area contributed by atoms with Gasteiger partial charge in [-0.05, 0) is 25.5 Å². The van der Waals surface area contributed by atoms with E-state index in [2.05, 4.69) is 36.2 Å². The summed E-state index contributed by atoms with van der Waals surface area (Å²) in [5, 5.41) is 0. The number of methoxy groups -OCH3 is 2. The Morgan fingerprint density at radius 3 is 2.45 bits per heavy atom. The first-order chi connectivity index (χ1) is 9.74. The quantitative estimate of drug-likeness (QED) is 0.570. The number of hydrogen-bond acceptors (Lipinski definition) is 5. The summed E-state index contributed by atoms with van der Waals surface area (Å²) in [6.07, 6.45) is 0.788. The van der Waals surface area contributed by atoms with Crippen LogP contribution in [0.15, 0.2) is 34.7 Å². The first-order valence-electron chi connectivity index (χ1n) is 6.42. The second-order valence-electron chi connectivity index (χ2n) is 4.33. The third-order valence-electron chi connectivity index (χ3n) is 3.02. The van der Waals surface area contributed by atoms with E-state index < -0.39 is 0 Å². The largest absolute Gasteiger partial charge is 0.352 e. The maximum Gasteiger partial charge on any atom is 0.183 e. The van der Waals surface area contributed by atoms with Crippen molar-refractivity contribution in [1.29, 1.82) is 0 Å². The van der Waals surface area contributed by atoms with Gasteiger partial charge in [-0.25, -0.2) is 4.98 Å². The lowest BCUT2D eigenvalue weighted by atomic mass is 10.2. The van der Waals surface area contributed by atoms with Gasteiger partial charge in [0.15, 0.2) is 6.29 Å². The minimum absolute atomic E-state index is 0.283. The molecule has 2 aromatic rings. The monoisotopic (exact) mass is 309 g/mol. The molecule has 0 radical (unpaired) electrons. The van der Waals surface area contributed by atoms with E-state index in [1.807, 2.05) is 17.3 Å². The normalized spacial score (nSPS) is 11.2. The molecule has 0 aliphatic rings. The molecule has 0 aliphatic carbocycles. The fourth-order valence-corrected chi connectivity index (χ4v) is 3.70. The second kappa shape index (κ2) is 7.78. The molecule has 108 valence electrons. The molecule has 5 heteroatoms. The first kappa shape index (κ1) is 15.5. The number of thioether (sulfide) groups is 1. The van der Waals surface area contributed by atoms with Crippen molar-refractivity contribution in [2.45, 2.75) is 24.5 Å². The van der Waals surface area contributed by atoms with Crippen molar-refractivity contribution in [3.05, 3.63) is 45.9 Å². The van der Waals surface area contributed by atoms with Gasteiger partial charge in [-0.2, -0.15) is 0 Å². The Balaban J connectivity index is 1.86. The predicted molar refractivity (Wildman–Crippen MR) is 84.5 cm³/mol. The van der Waals surface area contributed by atoms with Crippen LogP contribution >= 0.6 is 23.1 Å². The molecule has 0 fully saturated rings. The molecule has 0 atom stereocenters. The lowest BCUT2D eigenvalue weighted by molar-refractivity contribution is -0.106. The number of ether oxygens (including phenoxy) is 2. The van der Waals surface area contributed by atoms with Gasteiger partial charge in [0.25, 0.3) is 0 Å². The lowest BCUT2D eigenvalue weighted by Gasteiger charge is -2.13. The zero-order chi connectivity index (χ0) is 14.4. The van der Waals surface area contributed by atoms with E-state index in [1.54, 1.807) is 25.6 Å². The van der Waals surface area contributed by atoms with Crippen molar-refractivity contribution in [2.24, 2.45) is 0 Å². The highest BCUT2D eigenvalue weighted by molar-refractivity contribution is 7.99. The summed E-state index contributed by atoms with van der Waals surface area (Å²) in [6, 6.07) is 8.34. The van der Waals surface area contributed by atoms with E-state index >= 15 is 0 Å². The van der Waals surface area contributed by atoms with Crippen LogP contribution in [0.4, 0.5) is 0 Å². The number of nitrogens with zero attached hydrogens (tertiary/aromatic N) is 1. The van der Waals surface area contributed by atoms with Crippen LogP contribution in [0.1, 0.15) is 22.4 Å². The summed E-state index contributed by atoms with van der Waals surface area (Å²) >= 11 is 3.60. The molecule has 1 aromatic carbocycles. The van der Waals surface area contributed by atoms with Crippen molar-refractivity contribution in [1.82, 2.24) is 4.98 Å². The Hall–Kier alpha value is -0.880. The van der Waals surface area contributed by atoms with Crippen LogP contribution in [0.3, 0.4) is 0 Å². The molecule has 0 N–H and O–H groups in total. The maximum absolute atomic E-state index is 5.23. The minimum Gasteiger partial charge on any atom is -0.352 e. The highest BCUT2D eigenvalue weighted by atomic mass is 32.2. The molecule has 2 rings (SSSR count). The van der Waals surface area contributed by atoms with Crippen LogP contribution in [0.5, 0.6) is 0 Å². The molecule has 0 bridgehead atoms. The van der Waals surface area contributed by atoms with Gasteiger partial charge in [0.05, 0.1) is 11.2 Å². The van der Waals surface area contributed by atoms with Crippen molar-refractivity contribution in [2.75, 3.05) is 20.0 Å². The Morgan fingerprint density at radius 1 is 1.20 bits per heavy atom. The predicted octanol–water partition coefficient (Wildman–Crippen LogP) is 4.08. The number of benzene rings is 1. The summed E-state index contributed by atoms with van der Waals surface area (Å²) in [6.45, 7) is 2.07. The van der Waals surface area contributed by atoms with Crippen molar-refractivity contribution < 1.29 is 9.47 Å². The minimum atomic E-state index is -0.283. The summed E-state index contributed by atoms with van der Waals surface area (Å²) in [5.41, 5.74) is 4.12. The van der Waals surface area contributed by atoms with Gasteiger partial charge < -0.3 is 9.47 Å². The molecule has 0 saturated carbocycles. The van der Waals surface area contributed by atoms with Gasteiger partial charge in [-0.15, -0.1) is 23.1 Å². The summed E-state index contributed by atoms with van der Waals surface area (Å²) in [4.78, 5) is 6.92.